The van der Waals surface area contributed by atoms with Crippen LogP contribution in [0.15, 0.2) is 29.1 Å². The minimum atomic E-state index is 0.791. The Morgan fingerprint density at radius 1 is 0.424 bits per heavy atom. The molecule has 6 heteroatoms. The Labute approximate surface area is 376 Å². The molecule has 0 amide bonds. The number of rotatable bonds is 38. The second-order valence-electron chi connectivity index (χ2n) is 18.4. The molecule has 0 radical (unpaired) electrons. The average molecular weight is 863 g/mol. The number of fused-ring (bicyclic) bond motifs is 1. The molecule has 4 aromatic rings. The number of aromatic nitrogens is 3. The SMILES string of the molecule is CCCCCCCCCCC(CCCCCCCC)Cc1csc(-c2cnc(-c3cc(CC(CCCCCCCC)CCCCCCCCCC)cs3)c3nsnc23)c1. The lowest BCUT2D eigenvalue weighted by molar-refractivity contribution is 0.400. The summed E-state index contributed by atoms with van der Waals surface area (Å²) in [6, 6.07) is 4.90. The van der Waals surface area contributed by atoms with Crippen LogP contribution < -0.4 is 0 Å². The molecule has 0 aliphatic rings. The van der Waals surface area contributed by atoms with E-state index in [1.165, 1.54) is 251 Å². The van der Waals surface area contributed by atoms with Crippen LogP contribution in [0.4, 0.5) is 0 Å². The van der Waals surface area contributed by atoms with Crippen LogP contribution in [0.1, 0.15) is 244 Å². The van der Waals surface area contributed by atoms with Gasteiger partial charge in [-0.2, -0.15) is 8.75 Å². The Morgan fingerprint density at radius 3 is 1.20 bits per heavy atom. The van der Waals surface area contributed by atoms with Crippen molar-refractivity contribution in [1.29, 1.82) is 0 Å². The number of thiophene rings is 2. The van der Waals surface area contributed by atoms with Crippen LogP contribution in [-0.4, -0.2) is 13.7 Å². The predicted molar refractivity (Wildman–Crippen MR) is 267 cm³/mol. The molecule has 59 heavy (non-hydrogen) atoms. The summed E-state index contributed by atoms with van der Waals surface area (Å²) in [5.41, 5.74) is 7.19. The molecule has 2 unspecified atom stereocenters. The van der Waals surface area contributed by atoms with Gasteiger partial charge in [0.15, 0.2) is 0 Å². The maximum Gasteiger partial charge on any atom is 0.132 e. The van der Waals surface area contributed by atoms with E-state index in [0.29, 0.717) is 0 Å². The molecule has 2 atom stereocenters. The van der Waals surface area contributed by atoms with Crippen LogP contribution in [0.25, 0.3) is 32.0 Å². The first-order valence-electron chi connectivity index (χ1n) is 25.4. The van der Waals surface area contributed by atoms with Crippen molar-refractivity contribution in [3.05, 3.63) is 40.2 Å². The van der Waals surface area contributed by atoms with Crippen LogP contribution in [0.2, 0.25) is 0 Å². The fourth-order valence-corrected chi connectivity index (χ4v) is 11.7. The molecule has 4 heterocycles. The Hall–Kier alpha value is -1.63. The van der Waals surface area contributed by atoms with Gasteiger partial charge in [0.1, 0.15) is 16.7 Å². The Bertz CT molecular complexity index is 1470. The van der Waals surface area contributed by atoms with Crippen molar-refractivity contribution in [3.63, 3.8) is 0 Å². The summed E-state index contributed by atoms with van der Waals surface area (Å²) in [6.07, 6.45) is 49.2. The van der Waals surface area contributed by atoms with Crippen molar-refractivity contribution in [2.75, 3.05) is 0 Å². The summed E-state index contributed by atoms with van der Waals surface area (Å²) in [7, 11) is 0. The van der Waals surface area contributed by atoms with Crippen LogP contribution in [0.5, 0.6) is 0 Å². The molecule has 0 fully saturated rings. The van der Waals surface area contributed by atoms with Gasteiger partial charge in [-0.1, -0.05) is 233 Å². The standard InChI is InChI=1S/C53H87N3S3/c1-5-9-13-17-21-23-27-31-35-44(33-29-25-19-15-11-7-3)37-46-39-49(57-42-46)48-41-54-52(53-51(48)55-59-56-53)50-40-47(43-58-50)38-45(34-30-26-20-16-12-8-4)36-32-28-24-22-18-14-10-6-2/h39-45H,5-38H2,1-4H3. The number of nitrogens with zero attached hydrogens (tertiary/aromatic N) is 3. The van der Waals surface area contributed by atoms with E-state index in [2.05, 4.69) is 56.8 Å². The minimum absolute atomic E-state index is 0.791. The third-order valence-corrected chi connectivity index (χ3v) is 15.5. The van der Waals surface area contributed by atoms with E-state index in [9.17, 15) is 0 Å². The topological polar surface area (TPSA) is 38.7 Å². The van der Waals surface area contributed by atoms with Gasteiger partial charge in [-0.05, 0) is 58.7 Å². The second-order valence-corrected chi connectivity index (χ2v) is 20.8. The van der Waals surface area contributed by atoms with Gasteiger partial charge in [-0.25, -0.2) is 0 Å². The van der Waals surface area contributed by atoms with Crippen LogP contribution >= 0.6 is 34.4 Å². The maximum atomic E-state index is 5.14. The molecule has 4 aromatic heterocycles. The zero-order valence-electron chi connectivity index (χ0n) is 38.6. The Kier molecular flexibility index (Phi) is 27.2. The lowest BCUT2D eigenvalue weighted by Gasteiger charge is -2.16. The van der Waals surface area contributed by atoms with Crippen LogP contribution in [-0.2, 0) is 12.8 Å². The molecule has 0 spiro atoms. The number of unbranched alkanes of at least 4 members (excludes halogenated alkanes) is 24. The summed E-state index contributed by atoms with van der Waals surface area (Å²) in [6.45, 7) is 9.27. The third kappa shape index (κ3) is 20.0. The average Bonchev–Trinajstić information content (AvgIpc) is 4.04. The van der Waals surface area contributed by atoms with E-state index in [0.717, 1.165) is 34.1 Å². The number of hydrogen-bond acceptors (Lipinski definition) is 6. The summed E-state index contributed by atoms with van der Waals surface area (Å²) in [4.78, 5) is 7.69. The molecular weight excluding hydrogens is 775 g/mol. The minimum Gasteiger partial charge on any atom is -0.252 e. The van der Waals surface area contributed by atoms with Gasteiger partial charge in [0, 0.05) is 16.6 Å². The zero-order valence-corrected chi connectivity index (χ0v) is 41.1. The highest BCUT2D eigenvalue weighted by atomic mass is 32.1. The summed E-state index contributed by atoms with van der Waals surface area (Å²) >= 11 is 5.08. The van der Waals surface area contributed by atoms with E-state index in [4.69, 9.17) is 13.7 Å². The van der Waals surface area contributed by atoms with Crippen LogP contribution in [0.3, 0.4) is 0 Å². The first-order valence-corrected chi connectivity index (χ1v) is 27.9. The van der Waals surface area contributed by atoms with Crippen molar-refractivity contribution in [1.82, 2.24) is 13.7 Å². The van der Waals surface area contributed by atoms with Gasteiger partial charge in [0.25, 0.3) is 0 Å². The molecular formula is C53H87N3S3. The fourth-order valence-electron chi connectivity index (χ4n) is 9.29. The third-order valence-electron chi connectivity index (χ3n) is 13.0. The van der Waals surface area contributed by atoms with Gasteiger partial charge in [0.05, 0.1) is 16.6 Å². The smallest absolute Gasteiger partial charge is 0.132 e. The van der Waals surface area contributed by atoms with Crippen molar-refractivity contribution < 1.29 is 0 Å². The van der Waals surface area contributed by atoms with E-state index in [1.807, 2.05) is 22.7 Å². The summed E-state index contributed by atoms with van der Waals surface area (Å²) in [5, 5.41) is 4.84. The lowest BCUT2D eigenvalue weighted by atomic mass is 9.89. The summed E-state index contributed by atoms with van der Waals surface area (Å²) < 4.78 is 9.76. The Balaban J connectivity index is 1.36. The molecule has 332 valence electrons. The molecule has 0 saturated carbocycles. The molecule has 3 nitrogen and oxygen atoms in total. The van der Waals surface area contributed by atoms with Gasteiger partial charge < -0.3 is 0 Å². The van der Waals surface area contributed by atoms with Gasteiger partial charge in [0.2, 0.25) is 0 Å². The highest BCUT2D eigenvalue weighted by Gasteiger charge is 2.19. The van der Waals surface area contributed by atoms with Crippen molar-refractivity contribution in [3.8, 4) is 21.0 Å². The van der Waals surface area contributed by atoms with E-state index in [1.54, 1.807) is 0 Å². The van der Waals surface area contributed by atoms with Crippen molar-refractivity contribution in [2.45, 2.75) is 246 Å². The predicted octanol–water partition coefficient (Wildman–Crippen LogP) is 19.4. The normalized spacial score (nSPS) is 12.9. The first kappa shape index (κ1) is 50.0. The molecule has 0 aliphatic carbocycles. The molecule has 0 N–H and O–H groups in total. The summed E-state index contributed by atoms with van der Waals surface area (Å²) in [5.74, 6) is 1.59. The van der Waals surface area contributed by atoms with Gasteiger partial charge in [-0.3, -0.25) is 4.98 Å². The number of hydrogen-bond donors (Lipinski definition) is 0. The lowest BCUT2D eigenvalue weighted by Crippen LogP contribution is -2.05. The van der Waals surface area contributed by atoms with Crippen LogP contribution in [0, 0.1) is 11.8 Å². The van der Waals surface area contributed by atoms with Crippen molar-refractivity contribution >= 4 is 45.4 Å². The molecule has 0 saturated heterocycles. The second kappa shape index (κ2) is 32.1. The highest BCUT2D eigenvalue weighted by Crippen LogP contribution is 2.39. The number of pyridine rings is 1. The molecule has 4 rings (SSSR count). The van der Waals surface area contributed by atoms with Crippen molar-refractivity contribution in [2.24, 2.45) is 11.8 Å². The fraction of sp³-hybridized carbons (Fsp3) is 0.755. The Morgan fingerprint density at radius 2 is 0.780 bits per heavy atom. The molecule has 0 aromatic carbocycles. The molecule has 0 aliphatic heterocycles. The van der Waals surface area contributed by atoms with E-state index >= 15 is 0 Å². The van der Waals surface area contributed by atoms with E-state index < -0.39 is 0 Å². The first-order chi connectivity index (χ1) is 29.2. The highest BCUT2D eigenvalue weighted by molar-refractivity contribution is 7.14. The van der Waals surface area contributed by atoms with Gasteiger partial charge >= 0.3 is 0 Å². The molecule has 0 bridgehead atoms. The largest absolute Gasteiger partial charge is 0.252 e. The maximum absolute atomic E-state index is 5.14. The van der Waals surface area contributed by atoms with Gasteiger partial charge in [-0.15, -0.1) is 22.7 Å². The zero-order chi connectivity index (χ0) is 41.6. The van der Waals surface area contributed by atoms with E-state index in [-0.39, 0.29) is 0 Å². The monoisotopic (exact) mass is 862 g/mol. The quantitative estimate of drug-likeness (QED) is 0.0422.